The van der Waals surface area contributed by atoms with Crippen LogP contribution in [0.1, 0.15) is 26.7 Å². The second-order valence-electron chi connectivity index (χ2n) is 4.11. The monoisotopic (exact) mass is 213 g/mol. The van der Waals surface area contributed by atoms with Crippen LogP contribution in [0.25, 0.3) is 0 Å². The van der Waals surface area contributed by atoms with Crippen LogP contribution in [0.4, 0.5) is 0 Å². The van der Waals surface area contributed by atoms with Crippen molar-refractivity contribution in [3.63, 3.8) is 0 Å². The van der Waals surface area contributed by atoms with Gasteiger partial charge in [-0.2, -0.15) is 0 Å². The van der Waals surface area contributed by atoms with Crippen molar-refractivity contribution in [2.75, 3.05) is 13.1 Å². The summed E-state index contributed by atoms with van der Waals surface area (Å²) in [6.07, 6.45) is 0.481. The van der Waals surface area contributed by atoms with E-state index in [1.54, 1.807) is 18.7 Å². The Morgan fingerprint density at radius 3 is 2.93 bits per heavy atom. The van der Waals surface area contributed by atoms with Crippen LogP contribution in [-0.4, -0.2) is 47.0 Å². The average Bonchev–Trinajstić information content (AvgIpc) is 2.50. The Balaban J connectivity index is 2.42. The lowest BCUT2D eigenvalue weighted by molar-refractivity contribution is -0.131. The highest BCUT2D eigenvalue weighted by atomic mass is 16.3. The summed E-state index contributed by atoms with van der Waals surface area (Å²) in [5.41, 5.74) is 5.48. The molecule has 0 aromatic heterocycles. The highest BCUT2D eigenvalue weighted by Gasteiger charge is 2.26. The Bertz CT molecular complexity index is 259. The normalized spacial score (nSPS) is 24.3. The van der Waals surface area contributed by atoms with E-state index in [0.717, 1.165) is 6.42 Å². The van der Waals surface area contributed by atoms with Crippen molar-refractivity contribution >= 4 is 11.7 Å². The smallest absolute Gasteiger partial charge is 0.225 e. The van der Waals surface area contributed by atoms with Crippen LogP contribution >= 0.6 is 0 Å². The van der Waals surface area contributed by atoms with Gasteiger partial charge in [-0.05, 0) is 20.3 Å². The number of amidine groups is 1. The molecular weight excluding hydrogens is 194 g/mol. The third-order valence-corrected chi connectivity index (χ3v) is 2.37. The lowest BCUT2D eigenvalue weighted by Gasteiger charge is -2.16. The molecule has 0 aromatic rings. The fourth-order valence-electron chi connectivity index (χ4n) is 1.74. The zero-order valence-corrected chi connectivity index (χ0v) is 9.31. The van der Waals surface area contributed by atoms with Crippen LogP contribution in [0.3, 0.4) is 0 Å². The number of carbonyl (C=O) groups is 1. The summed E-state index contributed by atoms with van der Waals surface area (Å²) in [5, 5.41) is 9.10. The second kappa shape index (κ2) is 5.11. The zero-order chi connectivity index (χ0) is 11.4. The number of aliphatic hydroxyl groups excluding tert-OH is 1. The van der Waals surface area contributed by atoms with E-state index in [1.807, 2.05) is 0 Å². The molecule has 0 aromatic carbocycles. The molecule has 5 nitrogen and oxygen atoms in total. The van der Waals surface area contributed by atoms with E-state index in [2.05, 4.69) is 4.99 Å². The Morgan fingerprint density at radius 2 is 2.40 bits per heavy atom. The van der Waals surface area contributed by atoms with E-state index >= 15 is 0 Å². The van der Waals surface area contributed by atoms with Gasteiger partial charge in [-0.25, -0.2) is 0 Å². The molecule has 1 fully saturated rings. The molecule has 3 N–H and O–H groups in total. The van der Waals surface area contributed by atoms with Gasteiger partial charge in [-0.1, -0.05) is 0 Å². The van der Waals surface area contributed by atoms with Crippen molar-refractivity contribution in [3.8, 4) is 0 Å². The number of rotatable bonds is 3. The fraction of sp³-hybridized carbons (Fsp3) is 0.800. The molecule has 1 aliphatic heterocycles. The van der Waals surface area contributed by atoms with Crippen molar-refractivity contribution in [3.05, 3.63) is 0 Å². The Morgan fingerprint density at radius 1 is 1.73 bits per heavy atom. The van der Waals surface area contributed by atoms with E-state index in [0.29, 0.717) is 18.9 Å². The van der Waals surface area contributed by atoms with Crippen molar-refractivity contribution in [1.29, 1.82) is 0 Å². The second-order valence-corrected chi connectivity index (χ2v) is 4.11. The van der Waals surface area contributed by atoms with Crippen LogP contribution in [0.15, 0.2) is 4.99 Å². The first-order valence-electron chi connectivity index (χ1n) is 5.24. The number of aliphatic imine (C=N–C) groups is 1. The topological polar surface area (TPSA) is 78.9 Å². The van der Waals surface area contributed by atoms with E-state index < -0.39 is 6.10 Å². The van der Waals surface area contributed by atoms with E-state index in [4.69, 9.17) is 10.8 Å². The SMILES string of the molecule is CC(N)=NC1CCN(C(=O)CC(C)O)C1. The predicted octanol–water partition coefficient (Wildman–Crippen LogP) is -0.265. The maximum atomic E-state index is 11.6. The van der Waals surface area contributed by atoms with Crippen molar-refractivity contribution < 1.29 is 9.90 Å². The van der Waals surface area contributed by atoms with Crippen LogP contribution < -0.4 is 5.73 Å². The van der Waals surface area contributed by atoms with Crippen LogP contribution in [0, 0.1) is 0 Å². The number of carbonyl (C=O) groups excluding carboxylic acids is 1. The third kappa shape index (κ3) is 3.87. The minimum Gasteiger partial charge on any atom is -0.393 e. The highest BCUT2D eigenvalue weighted by Crippen LogP contribution is 2.14. The van der Waals surface area contributed by atoms with E-state index in [1.165, 1.54) is 0 Å². The fourth-order valence-corrected chi connectivity index (χ4v) is 1.74. The summed E-state index contributed by atoms with van der Waals surface area (Å²) in [6, 6.07) is 0.132. The van der Waals surface area contributed by atoms with E-state index in [-0.39, 0.29) is 18.4 Å². The maximum Gasteiger partial charge on any atom is 0.225 e. The third-order valence-electron chi connectivity index (χ3n) is 2.37. The Kier molecular flexibility index (Phi) is 4.08. The summed E-state index contributed by atoms with van der Waals surface area (Å²) in [5.74, 6) is 0.558. The molecule has 0 spiro atoms. The molecule has 5 heteroatoms. The van der Waals surface area contributed by atoms with Crippen LogP contribution in [-0.2, 0) is 4.79 Å². The van der Waals surface area contributed by atoms with Gasteiger partial charge in [-0.15, -0.1) is 0 Å². The zero-order valence-electron chi connectivity index (χ0n) is 9.31. The van der Waals surface area contributed by atoms with Gasteiger partial charge >= 0.3 is 0 Å². The number of hydrogen-bond acceptors (Lipinski definition) is 3. The number of nitrogens with zero attached hydrogens (tertiary/aromatic N) is 2. The molecule has 2 atom stereocenters. The standard InChI is InChI=1S/C10H19N3O2/c1-7(14)5-10(15)13-4-3-9(6-13)12-8(2)11/h7,9,14H,3-6H2,1-2H3,(H2,11,12). The molecule has 0 aliphatic carbocycles. The molecule has 1 aliphatic rings. The predicted molar refractivity (Wildman–Crippen MR) is 58.6 cm³/mol. The number of aliphatic hydroxyl groups is 1. The van der Waals surface area contributed by atoms with Crippen LogP contribution in [0.2, 0.25) is 0 Å². The van der Waals surface area contributed by atoms with Crippen LogP contribution in [0.5, 0.6) is 0 Å². The number of likely N-dealkylation sites (tertiary alicyclic amines) is 1. The molecule has 86 valence electrons. The first-order valence-corrected chi connectivity index (χ1v) is 5.24. The van der Waals surface area contributed by atoms with Gasteiger partial charge in [0.15, 0.2) is 0 Å². The summed E-state index contributed by atoms with van der Waals surface area (Å²) in [6.45, 7) is 4.71. The lowest BCUT2D eigenvalue weighted by atomic mass is 10.2. The van der Waals surface area contributed by atoms with Gasteiger partial charge < -0.3 is 15.7 Å². The van der Waals surface area contributed by atoms with Gasteiger partial charge in [0.25, 0.3) is 0 Å². The Hall–Kier alpha value is -1.10. The minimum atomic E-state index is -0.573. The van der Waals surface area contributed by atoms with Crippen molar-refractivity contribution in [2.24, 2.45) is 10.7 Å². The van der Waals surface area contributed by atoms with Gasteiger partial charge in [0.2, 0.25) is 5.91 Å². The summed E-state index contributed by atoms with van der Waals surface area (Å²) in [4.78, 5) is 17.5. The minimum absolute atomic E-state index is 0.00243. The molecule has 0 bridgehead atoms. The molecule has 0 radical (unpaired) electrons. The first-order chi connectivity index (χ1) is 6.99. The largest absolute Gasteiger partial charge is 0.393 e. The lowest BCUT2D eigenvalue weighted by Crippen LogP contribution is -2.31. The van der Waals surface area contributed by atoms with Gasteiger partial charge in [0.1, 0.15) is 0 Å². The Labute approximate surface area is 90.0 Å². The van der Waals surface area contributed by atoms with Crippen molar-refractivity contribution in [1.82, 2.24) is 4.90 Å². The number of amides is 1. The maximum absolute atomic E-state index is 11.6. The molecule has 1 amide bonds. The molecule has 2 unspecified atom stereocenters. The summed E-state index contributed by atoms with van der Waals surface area (Å²) in [7, 11) is 0. The molecule has 1 rings (SSSR count). The highest BCUT2D eigenvalue weighted by molar-refractivity contribution is 5.78. The first kappa shape index (κ1) is 12.0. The van der Waals surface area contributed by atoms with Crippen molar-refractivity contribution in [2.45, 2.75) is 38.8 Å². The molecule has 15 heavy (non-hydrogen) atoms. The average molecular weight is 213 g/mol. The van der Waals surface area contributed by atoms with Gasteiger partial charge in [0, 0.05) is 13.1 Å². The quantitative estimate of drug-likeness (QED) is 0.500. The molecule has 0 saturated carbocycles. The molecular formula is C10H19N3O2. The molecule has 1 saturated heterocycles. The summed E-state index contributed by atoms with van der Waals surface area (Å²) >= 11 is 0. The number of nitrogens with two attached hydrogens (primary N) is 1. The number of hydrogen-bond donors (Lipinski definition) is 2. The summed E-state index contributed by atoms with van der Waals surface area (Å²) < 4.78 is 0. The molecule has 1 heterocycles. The van der Waals surface area contributed by atoms with Gasteiger partial charge in [0.05, 0.1) is 24.4 Å². The van der Waals surface area contributed by atoms with E-state index in [9.17, 15) is 4.79 Å². The van der Waals surface area contributed by atoms with Gasteiger partial charge in [-0.3, -0.25) is 9.79 Å².